The van der Waals surface area contributed by atoms with Crippen LogP contribution in [0.4, 0.5) is 15.3 Å². The Balaban J connectivity index is 1.63. The Hall–Kier alpha value is -3.53. The van der Waals surface area contributed by atoms with E-state index < -0.39 is 29.8 Å². The minimum Gasteiger partial charge on any atom is -0.466 e. The van der Waals surface area contributed by atoms with Gasteiger partial charge in [-0.2, -0.15) is 0 Å². The van der Waals surface area contributed by atoms with Crippen LogP contribution in [-0.2, 0) is 19.1 Å². The maximum atomic E-state index is 11.6. The molecule has 28 heavy (non-hydrogen) atoms. The number of hydrogen-bond donors (Lipinski definition) is 2. The molecule has 0 unspecified atom stereocenters. The smallest absolute Gasteiger partial charge is 0.412 e. The van der Waals surface area contributed by atoms with Gasteiger partial charge in [0.1, 0.15) is 11.5 Å². The summed E-state index contributed by atoms with van der Waals surface area (Å²) in [4.78, 5) is 45.5. The van der Waals surface area contributed by atoms with Crippen molar-refractivity contribution in [2.45, 2.75) is 0 Å². The molecule has 1 fully saturated rings. The van der Waals surface area contributed by atoms with E-state index in [0.717, 1.165) is 17.3 Å². The van der Waals surface area contributed by atoms with E-state index in [1.165, 1.54) is 13.2 Å². The molecule has 0 radical (unpaired) electrons. The quantitative estimate of drug-likeness (QED) is 0.578. The van der Waals surface area contributed by atoms with Gasteiger partial charge in [0, 0.05) is 17.3 Å². The number of furan rings is 1. The van der Waals surface area contributed by atoms with Gasteiger partial charge in [0.15, 0.2) is 6.61 Å². The second-order valence-corrected chi connectivity index (χ2v) is 6.42. The molecule has 9 nitrogen and oxygen atoms in total. The van der Waals surface area contributed by atoms with E-state index >= 15 is 0 Å². The predicted octanol–water partition coefficient (Wildman–Crippen LogP) is 2.99. The molecular formula is C18H14N2O7S. The van der Waals surface area contributed by atoms with Gasteiger partial charge in [-0.05, 0) is 48.2 Å². The molecular weight excluding hydrogens is 388 g/mol. The van der Waals surface area contributed by atoms with Gasteiger partial charge in [0.25, 0.3) is 11.1 Å². The van der Waals surface area contributed by atoms with Crippen LogP contribution >= 0.6 is 11.8 Å². The maximum absolute atomic E-state index is 11.6. The van der Waals surface area contributed by atoms with E-state index in [-0.39, 0.29) is 4.91 Å². The number of nitrogens with one attached hydrogen (secondary N) is 2. The zero-order valence-electron chi connectivity index (χ0n) is 14.5. The average molecular weight is 402 g/mol. The Labute approximate surface area is 163 Å². The van der Waals surface area contributed by atoms with Gasteiger partial charge < -0.3 is 13.9 Å². The summed E-state index contributed by atoms with van der Waals surface area (Å²) in [5, 5.41) is 4.22. The molecule has 1 aromatic heterocycles. The van der Waals surface area contributed by atoms with Crippen LogP contribution in [0, 0.1) is 0 Å². The van der Waals surface area contributed by atoms with Crippen LogP contribution in [0.2, 0.25) is 0 Å². The molecule has 3 rings (SSSR count). The maximum Gasteiger partial charge on any atom is 0.412 e. The number of rotatable bonds is 5. The molecule has 3 amide bonds. The molecule has 2 N–H and O–H groups in total. The van der Waals surface area contributed by atoms with Crippen molar-refractivity contribution in [3.05, 3.63) is 47.1 Å². The number of thioether (sulfide) groups is 1. The lowest BCUT2D eigenvalue weighted by atomic mass is 10.1. The molecule has 0 spiro atoms. The first-order valence-corrected chi connectivity index (χ1v) is 8.72. The number of carbonyl (C=O) groups is 4. The molecule has 2 heterocycles. The third-order valence-corrected chi connectivity index (χ3v) is 4.32. The Morgan fingerprint density at radius 3 is 2.57 bits per heavy atom. The van der Waals surface area contributed by atoms with Gasteiger partial charge >= 0.3 is 12.1 Å². The lowest BCUT2D eigenvalue weighted by Gasteiger charge is -2.06. The van der Waals surface area contributed by atoms with Gasteiger partial charge in [-0.1, -0.05) is 0 Å². The zero-order valence-corrected chi connectivity index (χ0v) is 15.3. The number of ether oxygens (including phenoxy) is 2. The number of hydrogen-bond acceptors (Lipinski definition) is 8. The second kappa shape index (κ2) is 8.44. The van der Waals surface area contributed by atoms with Gasteiger partial charge in [-0.25, -0.2) is 9.59 Å². The van der Waals surface area contributed by atoms with E-state index in [4.69, 9.17) is 4.42 Å². The number of imide groups is 1. The SMILES string of the molecule is COC(=O)COC(=O)Nc1ccc(-c2ccc(/C=C3\SC(=O)NC3=O)o2)cc1. The van der Waals surface area contributed by atoms with E-state index in [1.54, 1.807) is 36.4 Å². The van der Waals surface area contributed by atoms with Crippen LogP contribution in [0.25, 0.3) is 17.4 Å². The lowest BCUT2D eigenvalue weighted by Crippen LogP contribution is -2.19. The number of amides is 3. The van der Waals surface area contributed by atoms with Crippen LogP contribution in [0.3, 0.4) is 0 Å². The minimum absolute atomic E-state index is 0.260. The topological polar surface area (TPSA) is 124 Å². The summed E-state index contributed by atoms with van der Waals surface area (Å²) in [6.07, 6.45) is 0.703. The molecule has 2 aromatic rings. The van der Waals surface area contributed by atoms with Crippen molar-refractivity contribution in [2.75, 3.05) is 19.0 Å². The van der Waals surface area contributed by atoms with Crippen molar-refractivity contribution in [3.8, 4) is 11.3 Å². The number of anilines is 1. The summed E-state index contributed by atoms with van der Waals surface area (Å²) in [6, 6.07) is 10.1. The van der Waals surface area contributed by atoms with Crippen molar-refractivity contribution in [1.82, 2.24) is 5.32 Å². The van der Waals surface area contributed by atoms with Gasteiger partial charge in [0.2, 0.25) is 0 Å². The predicted molar refractivity (Wildman–Crippen MR) is 100 cm³/mol. The highest BCUT2D eigenvalue weighted by molar-refractivity contribution is 8.18. The fraction of sp³-hybridized carbons (Fsp3) is 0.111. The van der Waals surface area contributed by atoms with E-state index in [1.807, 2.05) is 0 Å². The number of benzene rings is 1. The van der Waals surface area contributed by atoms with Crippen LogP contribution in [0.5, 0.6) is 0 Å². The fourth-order valence-corrected chi connectivity index (χ4v) is 2.85. The van der Waals surface area contributed by atoms with E-state index in [0.29, 0.717) is 17.2 Å². The zero-order chi connectivity index (χ0) is 20.1. The lowest BCUT2D eigenvalue weighted by molar-refractivity contribution is -0.143. The average Bonchev–Trinajstić information content (AvgIpc) is 3.26. The number of carbonyl (C=O) groups excluding carboxylic acids is 4. The van der Waals surface area contributed by atoms with Crippen LogP contribution in [-0.4, -0.2) is 36.9 Å². The van der Waals surface area contributed by atoms with Crippen LogP contribution < -0.4 is 10.6 Å². The van der Waals surface area contributed by atoms with Crippen molar-refractivity contribution in [2.24, 2.45) is 0 Å². The molecule has 0 atom stereocenters. The Bertz CT molecular complexity index is 963. The van der Waals surface area contributed by atoms with Gasteiger partial charge in [0.05, 0.1) is 12.0 Å². The van der Waals surface area contributed by atoms with Crippen molar-refractivity contribution in [3.63, 3.8) is 0 Å². The minimum atomic E-state index is -0.785. The molecule has 10 heteroatoms. The molecule has 0 aliphatic carbocycles. The van der Waals surface area contributed by atoms with Crippen molar-refractivity contribution >= 4 is 46.7 Å². The highest BCUT2D eigenvalue weighted by Crippen LogP contribution is 2.29. The second-order valence-electron chi connectivity index (χ2n) is 5.41. The molecule has 0 bridgehead atoms. The first-order chi connectivity index (χ1) is 13.4. The standard InChI is InChI=1S/C18H14N2O7S/c1-25-15(21)9-26-17(23)19-11-4-2-10(3-5-11)13-7-6-12(27-13)8-14-16(22)20-18(24)28-14/h2-8H,9H2,1H3,(H,19,23)(H,20,22,24)/b14-8-. The molecule has 0 saturated carbocycles. The van der Waals surface area contributed by atoms with Crippen molar-refractivity contribution in [1.29, 1.82) is 0 Å². The van der Waals surface area contributed by atoms with Gasteiger partial charge in [-0.3, -0.25) is 20.2 Å². The summed E-state index contributed by atoms with van der Waals surface area (Å²) >= 11 is 0.809. The largest absolute Gasteiger partial charge is 0.466 e. The summed E-state index contributed by atoms with van der Waals surface area (Å²) in [7, 11) is 1.19. The Kier molecular flexibility index (Phi) is 5.80. The molecule has 144 valence electrons. The highest BCUT2D eigenvalue weighted by Gasteiger charge is 2.25. The van der Waals surface area contributed by atoms with Crippen LogP contribution in [0.1, 0.15) is 5.76 Å². The summed E-state index contributed by atoms with van der Waals surface area (Å²) < 4.78 is 14.7. The van der Waals surface area contributed by atoms with Crippen molar-refractivity contribution < 1.29 is 33.1 Å². The van der Waals surface area contributed by atoms with Gasteiger partial charge in [-0.15, -0.1) is 0 Å². The Morgan fingerprint density at radius 1 is 1.18 bits per heavy atom. The number of esters is 1. The normalized spacial score (nSPS) is 14.7. The van der Waals surface area contributed by atoms with E-state index in [2.05, 4.69) is 20.1 Å². The van der Waals surface area contributed by atoms with E-state index in [9.17, 15) is 19.2 Å². The number of methoxy groups -OCH3 is 1. The molecule has 1 aromatic carbocycles. The fourth-order valence-electron chi connectivity index (χ4n) is 2.19. The molecule has 1 aliphatic rings. The third kappa shape index (κ3) is 4.80. The summed E-state index contributed by atoms with van der Waals surface area (Å²) in [5.41, 5.74) is 1.20. The monoisotopic (exact) mass is 402 g/mol. The summed E-state index contributed by atoms with van der Waals surface area (Å²) in [5.74, 6) is -0.147. The molecule has 1 saturated heterocycles. The molecule has 1 aliphatic heterocycles. The highest BCUT2D eigenvalue weighted by atomic mass is 32.2. The van der Waals surface area contributed by atoms with Crippen LogP contribution in [0.15, 0.2) is 45.7 Å². The third-order valence-electron chi connectivity index (χ3n) is 3.51. The first kappa shape index (κ1) is 19.2. The Morgan fingerprint density at radius 2 is 1.93 bits per heavy atom. The summed E-state index contributed by atoms with van der Waals surface area (Å²) in [6.45, 7) is -0.479. The first-order valence-electron chi connectivity index (χ1n) is 7.90.